The zero-order valence-electron chi connectivity index (χ0n) is 13.5. The van der Waals surface area contributed by atoms with Crippen LogP contribution in [0.4, 0.5) is 0 Å². The number of rotatable bonds is 1. The number of likely N-dealkylation sites (N-methyl/N-ethyl adjacent to an activating group) is 1. The number of fused-ring (bicyclic) bond motifs is 2. The molecule has 2 aliphatic heterocycles. The first-order chi connectivity index (χ1) is 11.1. The summed E-state index contributed by atoms with van der Waals surface area (Å²) in [5.41, 5.74) is 0.869. The molecule has 6 bridgehead atoms. The predicted octanol–water partition coefficient (Wildman–Crippen LogP) is 1.57. The van der Waals surface area contributed by atoms with E-state index in [4.69, 9.17) is 9.47 Å². The van der Waals surface area contributed by atoms with Crippen molar-refractivity contribution in [2.75, 3.05) is 20.7 Å². The number of benzene rings is 1. The van der Waals surface area contributed by atoms with Crippen LogP contribution >= 0.6 is 0 Å². The van der Waals surface area contributed by atoms with Crippen molar-refractivity contribution >= 4 is 0 Å². The van der Waals surface area contributed by atoms with Gasteiger partial charge in [-0.05, 0) is 44.0 Å². The second-order valence-corrected chi connectivity index (χ2v) is 6.84. The number of methoxy groups -OCH3 is 1. The molecule has 0 unspecified atom stereocenters. The van der Waals surface area contributed by atoms with E-state index in [2.05, 4.69) is 18.0 Å². The second-order valence-electron chi connectivity index (χ2n) is 6.84. The summed E-state index contributed by atoms with van der Waals surface area (Å²) in [5.74, 6) is 1.58. The lowest BCUT2D eigenvalue weighted by molar-refractivity contribution is -0.0370. The first-order valence-corrected chi connectivity index (χ1v) is 8.22. The summed E-state index contributed by atoms with van der Waals surface area (Å²) in [7, 11) is 3.70. The third-order valence-electron chi connectivity index (χ3n) is 5.69. The van der Waals surface area contributed by atoms with Gasteiger partial charge < -0.3 is 24.6 Å². The van der Waals surface area contributed by atoms with Gasteiger partial charge in [-0.15, -0.1) is 0 Å². The van der Waals surface area contributed by atoms with Crippen LogP contribution in [0.2, 0.25) is 0 Å². The zero-order chi connectivity index (χ0) is 16.1. The number of hydrogen-bond donors (Lipinski definition) is 2. The van der Waals surface area contributed by atoms with E-state index in [1.54, 1.807) is 7.11 Å². The van der Waals surface area contributed by atoms with E-state index >= 15 is 0 Å². The summed E-state index contributed by atoms with van der Waals surface area (Å²) in [6.45, 7) is 0.972. The topological polar surface area (TPSA) is 62.2 Å². The largest absolute Gasteiger partial charge is 0.504 e. The molecular formula is C18H23NO4. The Hall–Kier alpha value is -1.72. The number of aliphatic hydroxyl groups is 1. The Labute approximate surface area is 136 Å². The van der Waals surface area contributed by atoms with Crippen molar-refractivity contribution in [2.45, 2.75) is 31.1 Å². The van der Waals surface area contributed by atoms with Gasteiger partial charge in [0.1, 0.15) is 12.2 Å². The SMILES string of the molecule is COc1ccc2c(O)c1O[C@@H]1[C@H]3CCN(C)[C@H](C2)[C@@H]3C=C[C@@H]1O. The predicted molar refractivity (Wildman–Crippen MR) is 85.9 cm³/mol. The smallest absolute Gasteiger partial charge is 0.203 e. The highest BCUT2D eigenvalue weighted by atomic mass is 16.5. The summed E-state index contributed by atoms with van der Waals surface area (Å²) in [4.78, 5) is 2.36. The summed E-state index contributed by atoms with van der Waals surface area (Å²) >= 11 is 0. The van der Waals surface area contributed by atoms with Crippen molar-refractivity contribution < 1.29 is 19.7 Å². The van der Waals surface area contributed by atoms with Gasteiger partial charge in [0.05, 0.1) is 7.11 Å². The number of nitrogens with zero attached hydrogens (tertiary/aromatic N) is 1. The number of hydrogen-bond acceptors (Lipinski definition) is 5. The van der Waals surface area contributed by atoms with Crippen LogP contribution in [0.5, 0.6) is 17.2 Å². The van der Waals surface area contributed by atoms with Gasteiger partial charge >= 0.3 is 0 Å². The minimum Gasteiger partial charge on any atom is -0.504 e. The third-order valence-corrected chi connectivity index (χ3v) is 5.69. The Kier molecular flexibility index (Phi) is 3.50. The van der Waals surface area contributed by atoms with Crippen LogP contribution in [0.3, 0.4) is 0 Å². The third kappa shape index (κ3) is 2.22. The lowest BCUT2D eigenvalue weighted by Gasteiger charge is -2.47. The zero-order valence-corrected chi connectivity index (χ0v) is 13.5. The standard InChI is InChI=1S/C18H23NO4/c1-19-8-7-12-11-4-5-14(20)17(12)23-18-15(22-2)6-3-10(16(18)21)9-13(11)19/h3-6,11-14,17,20-21H,7-9H2,1-2H3/t11-,12+,13-,14+,17-/m1/s1. The van der Waals surface area contributed by atoms with Crippen molar-refractivity contribution in [2.24, 2.45) is 11.8 Å². The molecule has 0 radical (unpaired) electrons. The maximum Gasteiger partial charge on any atom is 0.203 e. The molecule has 1 fully saturated rings. The second kappa shape index (κ2) is 5.42. The van der Waals surface area contributed by atoms with E-state index < -0.39 is 6.10 Å². The number of aliphatic hydroxyl groups excluding tert-OH is 1. The Morgan fingerprint density at radius 1 is 1.30 bits per heavy atom. The molecule has 4 rings (SSSR count). The van der Waals surface area contributed by atoms with Gasteiger partial charge in [0.15, 0.2) is 11.5 Å². The van der Waals surface area contributed by atoms with Gasteiger partial charge in [-0.1, -0.05) is 18.2 Å². The first kappa shape index (κ1) is 14.8. The number of ether oxygens (including phenoxy) is 2. The van der Waals surface area contributed by atoms with Gasteiger partial charge in [0, 0.05) is 12.0 Å². The molecule has 1 aromatic carbocycles. The molecule has 3 aliphatic rings. The van der Waals surface area contributed by atoms with E-state index in [1.807, 2.05) is 18.2 Å². The van der Waals surface area contributed by atoms with Gasteiger partial charge in [0.25, 0.3) is 0 Å². The van der Waals surface area contributed by atoms with Gasteiger partial charge in [-0.25, -0.2) is 0 Å². The van der Waals surface area contributed by atoms with Crippen molar-refractivity contribution in [1.82, 2.24) is 4.90 Å². The van der Waals surface area contributed by atoms with Crippen molar-refractivity contribution in [3.63, 3.8) is 0 Å². The van der Waals surface area contributed by atoms with Crippen molar-refractivity contribution in [1.29, 1.82) is 0 Å². The highest BCUT2D eigenvalue weighted by Gasteiger charge is 2.46. The molecule has 5 nitrogen and oxygen atoms in total. The summed E-state index contributed by atoms with van der Waals surface area (Å²) < 4.78 is 11.5. The lowest BCUT2D eigenvalue weighted by atomic mass is 9.71. The van der Waals surface area contributed by atoms with E-state index in [0.29, 0.717) is 23.5 Å². The highest BCUT2D eigenvalue weighted by molar-refractivity contribution is 5.55. The van der Waals surface area contributed by atoms with E-state index in [1.165, 1.54) is 0 Å². The molecule has 1 saturated heterocycles. The number of likely N-dealkylation sites (tertiary alicyclic amines) is 1. The quantitative estimate of drug-likeness (QED) is 0.770. The number of phenolic OH excluding ortho intramolecular Hbond substituents is 1. The molecule has 5 heteroatoms. The van der Waals surface area contributed by atoms with Crippen LogP contribution in [0.15, 0.2) is 24.3 Å². The van der Waals surface area contributed by atoms with E-state index in [-0.39, 0.29) is 17.8 Å². The Morgan fingerprint density at radius 3 is 2.91 bits per heavy atom. The molecule has 2 N–H and O–H groups in total. The fourth-order valence-electron chi connectivity index (χ4n) is 4.39. The number of piperidine rings is 1. The minimum atomic E-state index is -0.661. The first-order valence-electron chi connectivity index (χ1n) is 8.22. The average molecular weight is 317 g/mol. The molecular weight excluding hydrogens is 294 g/mol. The Bertz CT molecular complexity index is 644. The van der Waals surface area contributed by atoms with Crippen LogP contribution in [0.1, 0.15) is 12.0 Å². The molecule has 5 atom stereocenters. The van der Waals surface area contributed by atoms with Gasteiger partial charge in [0.2, 0.25) is 5.75 Å². The maximum absolute atomic E-state index is 10.7. The van der Waals surface area contributed by atoms with Crippen LogP contribution in [0, 0.1) is 11.8 Å². The summed E-state index contributed by atoms with van der Waals surface area (Å²) in [6.07, 6.45) is 4.70. The Morgan fingerprint density at radius 2 is 2.13 bits per heavy atom. The van der Waals surface area contributed by atoms with Crippen LogP contribution in [-0.4, -0.2) is 54.1 Å². The molecule has 2 heterocycles. The number of aromatic hydroxyl groups is 1. The number of phenols is 1. The van der Waals surface area contributed by atoms with Gasteiger partial charge in [-0.2, -0.15) is 0 Å². The van der Waals surface area contributed by atoms with E-state index in [9.17, 15) is 10.2 Å². The van der Waals surface area contributed by atoms with Crippen LogP contribution in [0.25, 0.3) is 0 Å². The van der Waals surface area contributed by atoms with Crippen molar-refractivity contribution in [3.05, 3.63) is 29.8 Å². The lowest BCUT2D eigenvalue weighted by Crippen LogP contribution is -2.55. The molecule has 1 aliphatic carbocycles. The van der Waals surface area contributed by atoms with E-state index in [0.717, 1.165) is 24.9 Å². The average Bonchev–Trinajstić information content (AvgIpc) is 2.55. The van der Waals surface area contributed by atoms with Gasteiger partial charge in [-0.3, -0.25) is 0 Å². The van der Waals surface area contributed by atoms with Crippen LogP contribution in [-0.2, 0) is 6.42 Å². The maximum atomic E-state index is 10.7. The fraction of sp³-hybridized carbons (Fsp3) is 0.556. The summed E-state index contributed by atoms with van der Waals surface area (Å²) in [5, 5.41) is 21.1. The molecule has 23 heavy (non-hydrogen) atoms. The molecule has 124 valence electrons. The molecule has 0 saturated carbocycles. The molecule has 1 aromatic rings. The Balaban J connectivity index is 1.88. The highest BCUT2D eigenvalue weighted by Crippen LogP contribution is 2.47. The normalized spacial score (nSPS) is 35.7. The van der Waals surface area contributed by atoms with Crippen LogP contribution < -0.4 is 9.47 Å². The fourth-order valence-corrected chi connectivity index (χ4v) is 4.39. The molecule has 0 aromatic heterocycles. The summed E-state index contributed by atoms with van der Waals surface area (Å²) in [6, 6.07) is 4.05. The monoisotopic (exact) mass is 317 g/mol. The molecule has 0 amide bonds. The molecule has 0 spiro atoms. The minimum absolute atomic E-state index is 0.142. The van der Waals surface area contributed by atoms with Crippen molar-refractivity contribution in [3.8, 4) is 17.2 Å².